The van der Waals surface area contributed by atoms with E-state index in [4.69, 9.17) is 4.74 Å². The van der Waals surface area contributed by atoms with Crippen molar-refractivity contribution < 1.29 is 4.74 Å². The highest BCUT2D eigenvalue weighted by molar-refractivity contribution is 4.97. The van der Waals surface area contributed by atoms with Gasteiger partial charge in [0, 0.05) is 38.8 Å². The molecular formula is C16H30N4O. The molecule has 0 bridgehead atoms. The molecule has 21 heavy (non-hydrogen) atoms. The second-order valence-corrected chi connectivity index (χ2v) is 7.08. The first-order chi connectivity index (χ1) is 10.0. The summed E-state index contributed by atoms with van der Waals surface area (Å²) in [7, 11) is 0. The number of ether oxygens (including phenoxy) is 1. The standard InChI is InChI=1S/C16H30N4O/c1-13(2)10-20-15(18-12-19-20)9-16(11-17-14(3)4)5-7-21-8-6-16/h12-14,17H,5-11H2,1-4H3. The van der Waals surface area contributed by atoms with Gasteiger partial charge in [-0.15, -0.1) is 0 Å². The van der Waals surface area contributed by atoms with Gasteiger partial charge in [-0.05, 0) is 24.2 Å². The van der Waals surface area contributed by atoms with Gasteiger partial charge >= 0.3 is 0 Å². The van der Waals surface area contributed by atoms with Crippen LogP contribution in [0.25, 0.3) is 0 Å². The van der Waals surface area contributed by atoms with E-state index in [0.29, 0.717) is 12.0 Å². The third kappa shape index (κ3) is 4.78. The minimum Gasteiger partial charge on any atom is -0.381 e. The largest absolute Gasteiger partial charge is 0.381 e. The van der Waals surface area contributed by atoms with E-state index in [9.17, 15) is 0 Å². The summed E-state index contributed by atoms with van der Waals surface area (Å²) in [4.78, 5) is 4.52. The molecule has 5 nitrogen and oxygen atoms in total. The molecule has 0 spiro atoms. The highest BCUT2D eigenvalue weighted by Crippen LogP contribution is 2.33. The van der Waals surface area contributed by atoms with E-state index >= 15 is 0 Å². The van der Waals surface area contributed by atoms with Crippen molar-refractivity contribution in [3.05, 3.63) is 12.2 Å². The van der Waals surface area contributed by atoms with Crippen LogP contribution in [0, 0.1) is 11.3 Å². The number of aromatic nitrogens is 3. The first kappa shape index (κ1) is 16.4. The lowest BCUT2D eigenvalue weighted by molar-refractivity contribution is 0.0125. The van der Waals surface area contributed by atoms with Crippen molar-refractivity contribution in [3.8, 4) is 0 Å². The second-order valence-electron chi connectivity index (χ2n) is 7.08. The first-order valence-electron chi connectivity index (χ1n) is 8.18. The van der Waals surface area contributed by atoms with E-state index in [0.717, 1.165) is 51.4 Å². The summed E-state index contributed by atoms with van der Waals surface area (Å²) >= 11 is 0. The molecule has 2 heterocycles. The predicted molar refractivity (Wildman–Crippen MR) is 84.2 cm³/mol. The lowest BCUT2D eigenvalue weighted by Crippen LogP contribution is -2.43. The highest BCUT2D eigenvalue weighted by atomic mass is 16.5. The molecule has 1 fully saturated rings. The van der Waals surface area contributed by atoms with Crippen molar-refractivity contribution in [1.29, 1.82) is 0 Å². The lowest BCUT2D eigenvalue weighted by atomic mass is 9.76. The van der Waals surface area contributed by atoms with Crippen LogP contribution in [0.1, 0.15) is 46.4 Å². The minimum atomic E-state index is 0.254. The summed E-state index contributed by atoms with van der Waals surface area (Å²) in [6, 6.07) is 0.512. The molecule has 1 aliphatic heterocycles. The SMILES string of the molecule is CC(C)Cn1ncnc1CC1(CNC(C)C)CCOCC1. The fourth-order valence-corrected chi connectivity index (χ4v) is 2.90. The number of hydrogen-bond acceptors (Lipinski definition) is 4. The zero-order chi connectivity index (χ0) is 15.3. The average molecular weight is 294 g/mol. The molecule has 0 unspecified atom stereocenters. The van der Waals surface area contributed by atoms with Crippen LogP contribution in [0.4, 0.5) is 0 Å². The van der Waals surface area contributed by atoms with Gasteiger partial charge in [0.2, 0.25) is 0 Å². The Bertz CT molecular complexity index is 422. The molecule has 0 aromatic carbocycles. The molecule has 0 saturated carbocycles. The number of nitrogens with one attached hydrogen (secondary N) is 1. The average Bonchev–Trinajstić information content (AvgIpc) is 2.84. The highest BCUT2D eigenvalue weighted by Gasteiger charge is 2.34. The maximum absolute atomic E-state index is 5.57. The summed E-state index contributed by atoms with van der Waals surface area (Å²) in [5, 5.41) is 8.02. The third-order valence-corrected chi connectivity index (χ3v) is 4.21. The van der Waals surface area contributed by atoms with Crippen LogP contribution in [0.5, 0.6) is 0 Å². The molecule has 0 amide bonds. The summed E-state index contributed by atoms with van der Waals surface area (Å²) in [6.45, 7) is 12.5. The van der Waals surface area contributed by atoms with Crippen LogP contribution in [0.2, 0.25) is 0 Å². The molecule has 1 saturated heterocycles. The summed E-state index contributed by atoms with van der Waals surface area (Å²) in [5.41, 5.74) is 0.254. The van der Waals surface area contributed by atoms with Crippen molar-refractivity contribution >= 4 is 0 Å². The number of rotatable bonds is 7. The van der Waals surface area contributed by atoms with E-state index in [1.165, 1.54) is 0 Å². The monoisotopic (exact) mass is 294 g/mol. The van der Waals surface area contributed by atoms with Crippen molar-refractivity contribution in [1.82, 2.24) is 20.1 Å². The van der Waals surface area contributed by atoms with Crippen LogP contribution in [0.3, 0.4) is 0 Å². The summed E-state index contributed by atoms with van der Waals surface area (Å²) < 4.78 is 7.66. The molecule has 1 N–H and O–H groups in total. The van der Waals surface area contributed by atoms with E-state index in [2.05, 4.69) is 47.8 Å². The Hall–Kier alpha value is -0.940. The second kappa shape index (κ2) is 7.36. The predicted octanol–water partition coefficient (Wildman–Crippen LogP) is 2.27. The van der Waals surface area contributed by atoms with Crippen molar-refractivity contribution in [2.24, 2.45) is 11.3 Å². The Balaban J connectivity index is 2.09. The van der Waals surface area contributed by atoms with Crippen LogP contribution in [-0.4, -0.2) is 40.6 Å². The van der Waals surface area contributed by atoms with Gasteiger partial charge in [-0.1, -0.05) is 27.7 Å². The summed E-state index contributed by atoms with van der Waals surface area (Å²) in [5.74, 6) is 1.71. The third-order valence-electron chi connectivity index (χ3n) is 4.21. The molecule has 1 aliphatic rings. The van der Waals surface area contributed by atoms with E-state index in [-0.39, 0.29) is 5.41 Å². The van der Waals surface area contributed by atoms with Gasteiger partial charge in [-0.25, -0.2) is 9.67 Å². The molecule has 120 valence electrons. The van der Waals surface area contributed by atoms with Crippen molar-refractivity contribution in [2.75, 3.05) is 19.8 Å². The van der Waals surface area contributed by atoms with E-state index in [1.54, 1.807) is 6.33 Å². The van der Waals surface area contributed by atoms with Gasteiger partial charge in [0.25, 0.3) is 0 Å². The van der Waals surface area contributed by atoms with Crippen molar-refractivity contribution in [2.45, 2.75) is 59.5 Å². The fourth-order valence-electron chi connectivity index (χ4n) is 2.90. The number of nitrogens with zero attached hydrogens (tertiary/aromatic N) is 3. The van der Waals surface area contributed by atoms with Gasteiger partial charge < -0.3 is 10.1 Å². The zero-order valence-corrected chi connectivity index (χ0v) is 13.9. The van der Waals surface area contributed by atoms with E-state index in [1.807, 2.05) is 0 Å². The Morgan fingerprint density at radius 2 is 2.00 bits per heavy atom. The first-order valence-corrected chi connectivity index (χ1v) is 8.18. The Kier molecular flexibility index (Phi) is 5.76. The van der Waals surface area contributed by atoms with Gasteiger partial charge in [0.05, 0.1) is 0 Å². The normalized spacial score (nSPS) is 18.6. The molecular weight excluding hydrogens is 264 g/mol. The smallest absolute Gasteiger partial charge is 0.138 e. The van der Waals surface area contributed by atoms with Gasteiger partial charge in [-0.2, -0.15) is 5.10 Å². The Morgan fingerprint density at radius 1 is 1.29 bits per heavy atom. The number of hydrogen-bond donors (Lipinski definition) is 1. The van der Waals surface area contributed by atoms with Crippen molar-refractivity contribution in [3.63, 3.8) is 0 Å². The summed E-state index contributed by atoms with van der Waals surface area (Å²) in [6.07, 6.45) is 4.88. The van der Waals surface area contributed by atoms with Gasteiger partial charge in [-0.3, -0.25) is 0 Å². The molecule has 2 rings (SSSR count). The van der Waals surface area contributed by atoms with Crippen LogP contribution in [0.15, 0.2) is 6.33 Å². The molecule has 0 atom stereocenters. The quantitative estimate of drug-likeness (QED) is 0.838. The Morgan fingerprint density at radius 3 is 2.62 bits per heavy atom. The van der Waals surface area contributed by atoms with Gasteiger partial charge in [0.1, 0.15) is 12.2 Å². The lowest BCUT2D eigenvalue weighted by Gasteiger charge is -2.38. The Labute approximate surface area is 128 Å². The maximum Gasteiger partial charge on any atom is 0.138 e. The maximum atomic E-state index is 5.57. The molecule has 1 aromatic rings. The molecule has 0 radical (unpaired) electrons. The zero-order valence-electron chi connectivity index (χ0n) is 13.9. The van der Waals surface area contributed by atoms with Gasteiger partial charge in [0.15, 0.2) is 0 Å². The minimum absolute atomic E-state index is 0.254. The van der Waals surface area contributed by atoms with Crippen LogP contribution >= 0.6 is 0 Å². The fraction of sp³-hybridized carbons (Fsp3) is 0.875. The topological polar surface area (TPSA) is 52.0 Å². The van der Waals surface area contributed by atoms with E-state index < -0.39 is 0 Å². The molecule has 0 aliphatic carbocycles. The van der Waals surface area contributed by atoms with Crippen LogP contribution in [-0.2, 0) is 17.7 Å². The molecule has 1 aromatic heterocycles. The van der Waals surface area contributed by atoms with Crippen LogP contribution < -0.4 is 5.32 Å². The molecule has 5 heteroatoms.